The number of carbonyl (C=O) groups is 4. The van der Waals surface area contributed by atoms with Crippen LogP contribution in [-0.2, 0) is 19.0 Å². The summed E-state index contributed by atoms with van der Waals surface area (Å²) in [6, 6.07) is 24.1. The minimum absolute atomic E-state index is 0.185. The van der Waals surface area contributed by atoms with Crippen molar-refractivity contribution in [3.63, 3.8) is 0 Å². The number of esters is 3. The molecule has 1 aliphatic rings. The maximum Gasteiger partial charge on any atom is 0.343 e. The molecule has 8 nitrogen and oxygen atoms in total. The Morgan fingerprint density at radius 2 is 1.16 bits per heavy atom. The van der Waals surface area contributed by atoms with Crippen molar-refractivity contribution in [1.29, 1.82) is 0 Å². The van der Waals surface area contributed by atoms with Crippen molar-refractivity contribution in [3.05, 3.63) is 131 Å². The Hall–Kier alpha value is -4.98. The summed E-state index contributed by atoms with van der Waals surface area (Å²) in [5, 5.41) is 9.70. The fraction of sp³-hybridized carbons (Fsp3) is 0.103. The van der Waals surface area contributed by atoms with Gasteiger partial charge in [-0.25, -0.2) is 19.2 Å². The molecule has 0 aromatic heterocycles. The third kappa shape index (κ3) is 5.65. The predicted molar refractivity (Wildman–Crippen MR) is 132 cm³/mol. The van der Waals surface area contributed by atoms with E-state index in [2.05, 4.69) is 0 Å². The van der Waals surface area contributed by atoms with Crippen LogP contribution in [0.3, 0.4) is 0 Å². The Morgan fingerprint density at radius 3 is 1.65 bits per heavy atom. The van der Waals surface area contributed by atoms with Crippen molar-refractivity contribution >= 4 is 23.9 Å². The second-order valence-electron chi connectivity index (χ2n) is 8.25. The number of rotatable bonds is 7. The average molecular weight is 498 g/mol. The van der Waals surface area contributed by atoms with Gasteiger partial charge in [-0.2, -0.15) is 0 Å². The summed E-state index contributed by atoms with van der Waals surface area (Å²) in [5.74, 6) is -4.06. The van der Waals surface area contributed by atoms with E-state index in [0.29, 0.717) is 0 Å². The molecule has 0 amide bonds. The lowest BCUT2D eigenvalue weighted by atomic mass is 9.88. The van der Waals surface area contributed by atoms with Gasteiger partial charge in [0.1, 0.15) is 0 Å². The summed E-state index contributed by atoms with van der Waals surface area (Å²) in [5.41, 5.74) is -1.62. The second-order valence-corrected chi connectivity index (χ2v) is 8.25. The summed E-state index contributed by atoms with van der Waals surface area (Å²) in [6.45, 7) is 1.38. The maximum atomic E-state index is 13.1. The SMILES string of the molecule is CC1(OC(=O)c2ccccc2)C(OC(=O)c2ccccc2)=CC(C(=O)O)=CC1OC(=O)c1ccccc1. The van der Waals surface area contributed by atoms with Crippen LogP contribution in [0.5, 0.6) is 0 Å². The largest absolute Gasteiger partial charge is 0.478 e. The number of hydrogen-bond donors (Lipinski definition) is 1. The van der Waals surface area contributed by atoms with Crippen LogP contribution in [0, 0.1) is 0 Å². The van der Waals surface area contributed by atoms with E-state index < -0.39 is 35.6 Å². The smallest absolute Gasteiger partial charge is 0.343 e. The molecular formula is C29H22O8. The molecule has 0 fully saturated rings. The molecule has 8 heteroatoms. The van der Waals surface area contributed by atoms with E-state index in [9.17, 15) is 24.3 Å². The lowest BCUT2D eigenvalue weighted by Crippen LogP contribution is -2.49. The van der Waals surface area contributed by atoms with E-state index in [-0.39, 0.29) is 28.0 Å². The normalized spacial score (nSPS) is 18.6. The fourth-order valence-electron chi connectivity index (χ4n) is 3.63. The quantitative estimate of drug-likeness (QED) is 0.371. The number of carbonyl (C=O) groups excluding carboxylic acids is 3. The molecule has 186 valence electrons. The van der Waals surface area contributed by atoms with E-state index in [1.807, 2.05) is 0 Å². The number of benzene rings is 3. The minimum atomic E-state index is -1.89. The fourth-order valence-corrected chi connectivity index (χ4v) is 3.63. The van der Waals surface area contributed by atoms with Gasteiger partial charge < -0.3 is 19.3 Å². The van der Waals surface area contributed by atoms with Crippen LogP contribution in [0.15, 0.2) is 114 Å². The van der Waals surface area contributed by atoms with E-state index in [1.165, 1.54) is 43.3 Å². The number of hydrogen-bond acceptors (Lipinski definition) is 7. The first-order chi connectivity index (χ1) is 17.8. The number of aliphatic carboxylic acids is 1. The van der Waals surface area contributed by atoms with E-state index in [4.69, 9.17) is 14.2 Å². The van der Waals surface area contributed by atoms with Crippen LogP contribution in [0.4, 0.5) is 0 Å². The lowest BCUT2D eigenvalue weighted by molar-refractivity contribution is -0.132. The standard InChI is InChI=1S/C29H22O8/c1-29(37-28(34)21-15-9-4-10-16-21)23(35-26(32)19-11-5-2-6-12-19)17-22(25(30)31)18-24(29)36-27(33)20-13-7-3-8-14-20/h2-18,23H,1H3,(H,30,31). The van der Waals surface area contributed by atoms with E-state index in [1.54, 1.807) is 54.6 Å². The highest BCUT2D eigenvalue weighted by Gasteiger charge is 2.49. The molecule has 0 bridgehead atoms. The van der Waals surface area contributed by atoms with Gasteiger partial charge >= 0.3 is 23.9 Å². The molecule has 1 N–H and O–H groups in total. The first-order valence-corrected chi connectivity index (χ1v) is 11.3. The molecular weight excluding hydrogens is 476 g/mol. The number of ether oxygens (including phenoxy) is 3. The average Bonchev–Trinajstić information content (AvgIpc) is 2.92. The third-order valence-electron chi connectivity index (χ3n) is 5.67. The first kappa shape index (κ1) is 25.1. The van der Waals surface area contributed by atoms with Gasteiger partial charge in [-0.15, -0.1) is 0 Å². The molecule has 3 aromatic rings. The molecule has 37 heavy (non-hydrogen) atoms. The van der Waals surface area contributed by atoms with Gasteiger partial charge in [0.05, 0.1) is 22.3 Å². The molecule has 0 saturated carbocycles. The van der Waals surface area contributed by atoms with Gasteiger partial charge in [0.2, 0.25) is 5.60 Å². The van der Waals surface area contributed by atoms with Crippen LogP contribution in [-0.4, -0.2) is 40.7 Å². The minimum Gasteiger partial charge on any atom is -0.478 e. The van der Waals surface area contributed by atoms with Gasteiger partial charge in [0.25, 0.3) is 0 Å². The van der Waals surface area contributed by atoms with Crippen molar-refractivity contribution in [2.45, 2.75) is 18.6 Å². The van der Waals surface area contributed by atoms with Crippen LogP contribution in [0.2, 0.25) is 0 Å². The first-order valence-electron chi connectivity index (χ1n) is 11.3. The summed E-state index contributed by atoms with van der Waals surface area (Å²) in [7, 11) is 0. The summed E-state index contributed by atoms with van der Waals surface area (Å²) in [4.78, 5) is 50.8. The highest BCUT2D eigenvalue weighted by atomic mass is 16.6. The zero-order chi connectivity index (χ0) is 26.4. The molecule has 2 atom stereocenters. The zero-order valence-electron chi connectivity index (χ0n) is 19.7. The van der Waals surface area contributed by atoms with Crippen molar-refractivity contribution in [2.75, 3.05) is 0 Å². The molecule has 0 radical (unpaired) electrons. The zero-order valence-corrected chi connectivity index (χ0v) is 19.7. The Kier molecular flexibility index (Phi) is 7.29. The van der Waals surface area contributed by atoms with E-state index in [0.717, 1.165) is 12.2 Å². The van der Waals surface area contributed by atoms with Crippen LogP contribution in [0.1, 0.15) is 38.0 Å². The molecule has 2 unspecified atom stereocenters. The van der Waals surface area contributed by atoms with Gasteiger partial charge in [-0.05, 0) is 55.5 Å². The molecule has 3 aromatic carbocycles. The third-order valence-corrected chi connectivity index (χ3v) is 5.67. The van der Waals surface area contributed by atoms with Gasteiger partial charge in [0.15, 0.2) is 11.9 Å². The monoisotopic (exact) mass is 498 g/mol. The van der Waals surface area contributed by atoms with Crippen molar-refractivity contribution < 1.29 is 38.5 Å². The number of carboxylic acids is 1. The van der Waals surface area contributed by atoms with Gasteiger partial charge in [-0.3, -0.25) is 0 Å². The predicted octanol–water partition coefficient (Wildman–Crippen LogP) is 4.59. The summed E-state index contributed by atoms with van der Waals surface area (Å²) < 4.78 is 17.0. The van der Waals surface area contributed by atoms with Crippen molar-refractivity contribution in [1.82, 2.24) is 0 Å². The molecule has 0 saturated heterocycles. The van der Waals surface area contributed by atoms with Crippen LogP contribution < -0.4 is 0 Å². The van der Waals surface area contributed by atoms with Gasteiger partial charge in [0, 0.05) is 0 Å². The van der Waals surface area contributed by atoms with Crippen LogP contribution in [0.25, 0.3) is 0 Å². The maximum absolute atomic E-state index is 13.1. The number of carboxylic acid groups (broad SMARTS) is 1. The molecule has 4 rings (SSSR count). The van der Waals surface area contributed by atoms with Crippen molar-refractivity contribution in [2.24, 2.45) is 0 Å². The second kappa shape index (κ2) is 10.7. The highest BCUT2D eigenvalue weighted by molar-refractivity contribution is 5.94. The molecule has 1 aliphatic carbocycles. The topological polar surface area (TPSA) is 116 Å². The van der Waals surface area contributed by atoms with Crippen molar-refractivity contribution in [3.8, 4) is 0 Å². The summed E-state index contributed by atoms with van der Waals surface area (Å²) >= 11 is 0. The Morgan fingerprint density at radius 1 is 0.703 bits per heavy atom. The highest BCUT2D eigenvalue weighted by Crippen LogP contribution is 2.37. The Balaban J connectivity index is 1.75. The Bertz CT molecular complexity index is 1380. The Labute approximate surface area is 212 Å². The summed E-state index contributed by atoms with van der Waals surface area (Å²) in [6.07, 6.45) is 0.776. The lowest BCUT2D eigenvalue weighted by Gasteiger charge is -2.38. The van der Waals surface area contributed by atoms with Gasteiger partial charge in [-0.1, -0.05) is 54.6 Å². The molecule has 0 heterocycles. The molecule has 0 spiro atoms. The van der Waals surface area contributed by atoms with Crippen LogP contribution >= 0.6 is 0 Å². The molecule has 0 aliphatic heterocycles. The van der Waals surface area contributed by atoms with E-state index >= 15 is 0 Å².